The molecule has 1 heteroatoms. The molecule has 1 atom stereocenters. The second-order valence-electron chi connectivity index (χ2n) is 6.89. The fraction of sp³-hybridized carbons (Fsp3) is 0.667. The van der Waals surface area contributed by atoms with E-state index in [2.05, 4.69) is 65.1 Å². The molecule has 1 rings (SSSR count). The summed E-state index contributed by atoms with van der Waals surface area (Å²) in [5.41, 5.74) is 4.62. The molecule has 0 spiro atoms. The van der Waals surface area contributed by atoms with E-state index in [0.29, 0.717) is 11.3 Å². The maximum Gasteiger partial charge on any atom is -0.00123 e. The minimum absolute atomic E-state index is 0.347. The molecule has 0 aliphatic carbocycles. The molecule has 0 heterocycles. The Bertz CT molecular complexity index is 387. The molecule has 0 aliphatic rings. The van der Waals surface area contributed by atoms with E-state index in [0.717, 1.165) is 13.1 Å². The highest BCUT2D eigenvalue weighted by atomic mass is 14.9. The van der Waals surface area contributed by atoms with Gasteiger partial charge in [0.05, 0.1) is 0 Å². The summed E-state index contributed by atoms with van der Waals surface area (Å²) in [6.45, 7) is 15.9. The predicted octanol–water partition coefficient (Wildman–Crippen LogP) is 4.51. The van der Waals surface area contributed by atoms with Gasteiger partial charge in [-0.05, 0) is 67.8 Å². The Morgan fingerprint density at radius 3 is 2.32 bits per heavy atom. The topological polar surface area (TPSA) is 12.0 Å². The van der Waals surface area contributed by atoms with Crippen LogP contribution in [-0.2, 0) is 6.42 Å². The quantitative estimate of drug-likeness (QED) is 0.743. The maximum atomic E-state index is 3.59. The first-order valence-corrected chi connectivity index (χ1v) is 7.61. The van der Waals surface area contributed by atoms with Crippen LogP contribution in [0, 0.1) is 25.2 Å². The molecule has 1 aromatic carbocycles. The van der Waals surface area contributed by atoms with E-state index in [9.17, 15) is 0 Å². The Balaban J connectivity index is 2.73. The van der Waals surface area contributed by atoms with Crippen LogP contribution in [0.25, 0.3) is 0 Å². The van der Waals surface area contributed by atoms with Crippen molar-refractivity contribution < 1.29 is 0 Å². The molecular weight excluding hydrogens is 230 g/mol. The van der Waals surface area contributed by atoms with Crippen molar-refractivity contribution >= 4 is 0 Å². The molecular formula is C18H31N. The van der Waals surface area contributed by atoms with Gasteiger partial charge in [-0.2, -0.15) is 0 Å². The molecule has 1 aromatic rings. The van der Waals surface area contributed by atoms with Gasteiger partial charge in [-0.3, -0.25) is 0 Å². The van der Waals surface area contributed by atoms with Crippen LogP contribution >= 0.6 is 0 Å². The zero-order valence-electron chi connectivity index (χ0n) is 13.6. The highest BCUT2D eigenvalue weighted by molar-refractivity contribution is 5.30. The summed E-state index contributed by atoms with van der Waals surface area (Å²) in [5.74, 6) is 0.682. The Morgan fingerprint density at radius 2 is 1.79 bits per heavy atom. The molecule has 0 saturated carbocycles. The number of benzene rings is 1. The first kappa shape index (κ1) is 16.2. The summed E-state index contributed by atoms with van der Waals surface area (Å²) in [4.78, 5) is 0. The minimum atomic E-state index is 0.347. The zero-order chi connectivity index (χ0) is 14.5. The van der Waals surface area contributed by atoms with E-state index in [-0.39, 0.29) is 0 Å². The molecule has 0 amide bonds. The number of nitrogens with one attached hydrogen (secondary N) is 1. The highest BCUT2D eigenvalue weighted by Gasteiger charge is 2.24. The number of hydrogen-bond donors (Lipinski definition) is 1. The molecule has 19 heavy (non-hydrogen) atoms. The van der Waals surface area contributed by atoms with E-state index in [1.165, 1.54) is 29.5 Å². The van der Waals surface area contributed by atoms with Crippen LogP contribution in [0.4, 0.5) is 0 Å². The Kier molecular flexibility index (Phi) is 6.06. The first-order chi connectivity index (χ1) is 8.84. The molecule has 0 fully saturated rings. The van der Waals surface area contributed by atoms with Gasteiger partial charge in [0.1, 0.15) is 0 Å². The lowest BCUT2D eigenvalue weighted by atomic mass is 9.77. The fourth-order valence-electron chi connectivity index (χ4n) is 2.35. The van der Waals surface area contributed by atoms with E-state index in [1.54, 1.807) is 0 Å². The summed E-state index contributed by atoms with van der Waals surface area (Å²) in [7, 11) is 0. The van der Waals surface area contributed by atoms with Crippen molar-refractivity contribution in [2.45, 2.75) is 54.4 Å². The average Bonchev–Trinajstić information content (AvgIpc) is 2.31. The van der Waals surface area contributed by atoms with Gasteiger partial charge in [-0.15, -0.1) is 0 Å². The van der Waals surface area contributed by atoms with Gasteiger partial charge in [-0.1, -0.05) is 45.9 Å². The average molecular weight is 261 g/mol. The van der Waals surface area contributed by atoms with Gasteiger partial charge < -0.3 is 5.32 Å². The standard InChI is InChI=1S/C18H31N/c1-7-10-19-13-17(18(4,5)6)12-16-9-8-14(2)15(3)11-16/h8-9,11,17,19H,7,10,12-13H2,1-6H3. The van der Waals surface area contributed by atoms with Crippen LogP contribution in [0.2, 0.25) is 0 Å². The summed E-state index contributed by atoms with van der Waals surface area (Å²) < 4.78 is 0. The predicted molar refractivity (Wildman–Crippen MR) is 85.7 cm³/mol. The van der Waals surface area contributed by atoms with Crippen molar-refractivity contribution in [3.63, 3.8) is 0 Å². The van der Waals surface area contributed by atoms with Crippen molar-refractivity contribution in [3.8, 4) is 0 Å². The lowest BCUT2D eigenvalue weighted by Gasteiger charge is -2.31. The van der Waals surface area contributed by atoms with E-state index in [4.69, 9.17) is 0 Å². The van der Waals surface area contributed by atoms with Gasteiger partial charge in [-0.25, -0.2) is 0 Å². The van der Waals surface area contributed by atoms with Gasteiger partial charge in [0.15, 0.2) is 0 Å². The molecule has 1 unspecified atom stereocenters. The van der Waals surface area contributed by atoms with Gasteiger partial charge >= 0.3 is 0 Å². The van der Waals surface area contributed by atoms with Crippen LogP contribution < -0.4 is 5.32 Å². The zero-order valence-corrected chi connectivity index (χ0v) is 13.6. The van der Waals surface area contributed by atoms with Crippen LogP contribution in [0.5, 0.6) is 0 Å². The largest absolute Gasteiger partial charge is 0.316 e. The summed E-state index contributed by atoms with van der Waals surface area (Å²) in [5, 5.41) is 3.59. The van der Waals surface area contributed by atoms with E-state index >= 15 is 0 Å². The van der Waals surface area contributed by atoms with E-state index < -0.39 is 0 Å². The third-order valence-electron chi connectivity index (χ3n) is 4.10. The van der Waals surface area contributed by atoms with Crippen molar-refractivity contribution in [1.82, 2.24) is 5.32 Å². The molecule has 1 N–H and O–H groups in total. The monoisotopic (exact) mass is 261 g/mol. The number of aryl methyl sites for hydroxylation is 2. The Labute approximate surface area is 119 Å². The number of hydrogen-bond acceptors (Lipinski definition) is 1. The fourth-order valence-corrected chi connectivity index (χ4v) is 2.35. The van der Waals surface area contributed by atoms with Crippen LogP contribution in [-0.4, -0.2) is 13.1 Å². The minimum Gasteiger partial charge on any atom is -0.316 e. The molecule has 0 aromatic heterocycles. The molecule has 0 aliphatic heterocycles. The molecule has 0 saturated heterocycles. The third-order valence-corrected chi connectivity index (χ3v) is 4.10. The second-order valence-corrected chi connectivity index (χ2v) is 6.89. The molecule has 108 valence electrons. The van der Waals surface area contributed by atoms with Gasteiger partial charge in [0, 0.05) is 0 Å². The van der Waals surface area contributed by atoms with Crippen LogP contribution in [0.3, 0.4) is 0 Å². The molecule has 0 radical (unpaired) electrons. The summed E-state index contributed by atoms with van der Waals surface area (Å²) in [6.07, 6.45) is 2.38. The molecule has 1 nitrogen and oxygen atoms in total. The lowest BCUT2D eigenvalue weighted by molar-refractivity contribution is 0.231. The SMILES string of the molecule is CCCNCC(Cc1ccc(C)c(C)c1)C(C)(C)C. The maximum absolute atomic E-state index is 3.59. The normalized spacial score (nSPS) is 13.6. The molecule has 0 bridgehead atoms. The smallest absolute Gasteiger partial charge is 0.00123 e. The highest BCUT2D eigenvalue weighted by Crippen LogP contribution is 2.29. The second kappa shape index (κ2) is 7.09. The Hall–Kier alpha value is -0.820. The van der Waals surface area contributed by atoms with Gasteiger partial charge in [0.25, 0.3) is 0 Å². The van der Waals surface area contributed by atoms with Crippen LogP contribution in [0.1, 0.15) is 50.8 Å². The third kappa shape index (κ3) is 5.36. The Morgan fingerprint density at radius 1 is 1.11 bits per heavy atom. The van der Waals surface area contributed by atoms with Crippen LogP contribution in [0.15, 0.2) is 18.2 Å². The van der Waals surface area contributed by atoms with Crippen molar-refractivity contribution in [3.05, 3.63) is 34.9 Å². The lowest BCUT2D eigenvalue weighted by Crippen LogP contribution is -2.33. The van der Waals surface area contributed by atoms with Crippen molar-refractivity contribution in [1.29, 1.82) is 0 Å². The van der Waals surface area contributed by atoms with E-state index in [1.807, 2.05) is 0 Å². The summed E-state index contributed by atoms with van der Waals surface area (Å²) in [6, 6.07) is 6.90. The number of rotatable bonds is 6. The summed E-state index contributed by atoms with van der Waals surface area (Å²) >= 11 is 0. The first-order valence-electron chi connectivity index (χ1n) is 7.61. The van der Waals surface area contributed by atoms with Crippen molar-refractivity contribution in [2.75, 3.05) is 13.1 Å². The van der Waals surface area contributed by atoms with Gasteiger partial charge in [0.2, 0.25) is 0 Å². The van der Waals surface area contributed by atoms with Crippen molar-refractivity contribution in [2.24, 2.45) is 11.3 Å².